The van der Waals surface area contributed by atoms with E-state index in [1.165, 1.54) is 31.2 Å². The standard InChI is InChI=1S/C26H24N6O5S/c1-17(33)14-22(34)29-23-21(16-27)26(31-12-10-30(11-13-31)19-7-3-2-4-8-19)38-24(23)25(35)28-18-6-5-9-20(15-18)32(36)37/h2-9,15H,10-14H2,1H3,(H,28,35)(H,29,34). The highest BCUT2D eigenvalue weighted by atomic mass is 32.1. The lowest BCUT2D eigenvalue weighted by Gasteiger charge is -2.36. The van der Waals surface area contributed by atoms with Crippen molar-refractivity contribution in [3.63, 3.8) is 0 Å². The average molecular weight is 533 g/mol. The monoisotopic (exact) mass is 532 g/mol. The molecule has 1 aliphatic rings. The highest BCUT2D eigenvalue weighted by Crippen LogP contribution is 2.41. The third kappa shape index (κ3) is 5.96. The van der Waals surface area contributed by atoms with E-state index < -0.39 is 23.2 Å². The Bertz CT molecular complexity index is 1420. The maximum atomic E-state index is 13.3. The molecular weight excluding hydrogens is 508 g/mol. The number of carbonyl (C=O) groups is 3. The van der Waals surface area contributed by atoms with Gasteiger partial charge in [0.2, 0.25) is 5.91 Å². The first-order valence-electron chi connectivity index (χ1n) is 11.7. The molecule has 2 amide bonds. The summed E-state index contributed by atoms with van der Waals surface area (Å²) >= 11 is 1.05. The zero-order valence-corrected chi connectivity index (χ0v) is 21.3. The summed E-state index contributed by atoms with van der Waals surface area (Å²) in [5.74, 6) is -1.65. The van der Waals surface area contributed by atoms with Crippen molar-refractivity contribution in [1.29, 1.82) is 5.26 Å². The third-order valence-corrected chi connectivity index (χ3v) is 7.13. The number of hydrogen-bond acceptors (Lipinski definition) is 9. The molecule has 2 aromatic carbocycles. The number of nitriles is 1. The topological polar surface area (TPSA) is 149 Å². The number of anilines is 4. The minimum Gasteiger partial charge on any atom is -0.368 e. The Morgan fingerprint density at radius 3 is 2.34 bits per heavy atom. The summed E-state index contributed by atoms with van der Waals surface area (Å²) in [4.78, 5) is 52.1. The summed E-state index contributed by atoms with van der Waals surface area (Å²) in [5, 5.41) is 26.9. The SMILES string of the molecule is CC(=O)CC(=O)Nc1c(C(=O)Nc2cccc([N+](=O)[O-])c2)sc(N2CCN(c3ccccc3)CC2)c1C#N. The van der Waals surface area contributed by atoms with E-state index in [9.17, 15) is 29.8 Å². The number of nitro benzene ring substituents is 1. The second-order valence-electron chi connectivity index (χ2n) is 8.60. The number of nitro groups is 1. The van der Waals surface area contributed by atoms with Crippen LogP contribution in [0.15, 0.2) is 54.6 Å². The Labute approximate surface area is 222 Å². The van der Waals surface area contributed by atoms with E-state index in [1.54, 1.807) is 0 Å². The predicted molar refractivity (Wildman–Crippen MR) is 145 cm³/mol. The molecule has 3 aromatic rings. The molecule has 0 bridgehead atoms. The lowest BCUT2D eigenvalue weighted by atomic mass is 10.2. The fourth-order valence-corrected chi connectivity index (χ4v) is 5.28. The molecule has 0 atom stereocenters. The van der Waals surface area contributed by atoms with Gasteiger partial charge in [-0.1, -0.05) is 24.3 Å². The van der Waals surface area contributed by atoms with E-state index in [1.807, 2.05) is 35.2 Å². The van der Waals surface area contributed by atoms with Crippen LogP contribution >= 0.6 is 11.3 Å². The molecule has 11 nitrogen and oxygen atoms in total. The molecule has 0 spiro atoms. The van der Waals surface area contributed by atoms with Gasteiger partial charge in [-0.2, -0.15) is 5.26 Å². The fourth-order valence-electron chi connectivity index (χ4n) is 4.13. The summed E-state index contributed by atoms with van der Waals surface area (Å²) in [6, 6.07) is 17.5. The van der Waals surface area contributed by atoms with Crippen molar-refractivity contribution in [3.05, 3.63) is 75.2 Å². The number of non-ortho nitro benzene ring substituents is 1. The molecule has 1 aliphatic heterocycles. The Morgan fingerprint density at radius 1 is 1.03 bits per heavy atom. The largest absolute Gasteiger partial charge is 0.368 e. The van der Waals surface area contributed by atoms with Crippen molar-refractivity contribution in [3.8, 4) is 6.07 Å². The first-order chi connectivity index (χ1) is 18.3. The number of piperazine rings is 1. The van der Waals surface area contributed by atoms with E-state index in [0.29, 0.717) is 31.2 Å². The summed E-state index contributed by atoms with van der Waals surface area (Å²) in [7, 11) is 0. The van der Waals surface area contributed by atoms with Crippen molar-refractivity contribution in [2.24, 2.45) is 0 Å². The van der Waals surface area contributed by atoms with Gasteiger partial charge >= 0.3 is 0 Å². The number of hydrogen-bond donors (Lipinski definition) is 2. The highest BCUT2D eigenvalue weighted by molar-refractivity contribution is 7.19. The molecule has 0 radical (unpaired) electrons. The lowest BCUT2D eigenvalue weighted by Crippen LogP contribution is -2.46. The molecule has 2 N–H and O–H groups in total. The second kappa shape index (κ2) is 11.5. The maximum Gasteiger partial charge on any atom is 0.271 e. The van der Waals surface area contributed by atoms with Crippen molar-refractivity contribution in [1.82, 2.24) is 0 Å². The van der Waals surface area contributed by atoms with Gasteiger partial charge < -0.3 is 20.4 Å². The van der Waals surface area contributed by atoms with E-state index in [0.717, 1.165) is 17.0 Å². The maximum absolute atomic E-state index is 13.3. The summed E-state index contributed by atoms with van der Waals surface area (Å²) in [6.07, 6.45) is -0.405. The van der Waals surface area contributed by atoms with Gasteiger partial charge in [-0.3, -0.25) is 24.5 Å². The van der Waals surface area contributed by atoms with Crippen molar-refractivity contribution in [2.45, 2.75) is 13.3 Å². The van der Waals surface area contributed by atoms with Crippen LogP contribution in [0.1, 0.15) is 28.6 Å². The normalized spacial score (nSPS) is 12.9. The van der Waals surface area contributed by atoms with Crippen LogP contribution in [0.3, 0.4) is 0 Å². The first-order valence-corrected chi connectivity index (χ1v) is 12.6. The summed E-state index contributed by atoms with van der Waals surface area (Å²) in [6.45, 7) is 3.81. The quantitative estimate of drug-likeness (QED) is 0.251. The van der Waals surface area contributed by atoms with Crippen LogP contribution in [-0.2, 0) is 9.59 Å². The van der Waals surface area contributed by atoms with Gasteiger partial charge in [0.1, 0.15) is 27.3 Å². The smallest absolute Gasteiger partial charge is 0.271 e. The Morgan fingerprint density at radius 2 is 1.71 bits per heavy atom. The molecule has 2 heterocycles. The van der Waals surface area contributed by atoms with Crippen LogP contribution in [-0.4, -0.2) is 48.7 Å². The summed E-state index contributed by atoms with van der Waals surface area (Å²) in [5.41, 5.74) is 1.23. The average Bonchev–Trinajstić information content (AvgIpc) is 3.27. The van der Waals surface area contributed by atoms with E-state index in [-0.39, 0.29) is 33.3 Å². The number of Topliss-reactive ketones (excluding diaryl/α,β-unsaturated/α-hetero) is 1. The number of carbonyl (C=O) groups excluding carboxylic acids is 3. The minimum absolute atomic E-state index is 0.0205. The number of para-hydroxylation sites is 1. The number of thiophene rings is 1. The molecule has 1 aromatic heterocycles. The molecule has 0 saturated carbocycles. The first kappa shape index (κ1) is 26.3. The fraction of sp³-hybridized carbons (Fsp3) is 0.231. The van der Waals surface area contributed by atoms with E-state index in [4.69, 9.17) is 0 Å². The summed E-state index contributed by atoms with van der Waals surface area (Å²) < 4.78 is 0. The second-order valence-corrected chi connectivity index (χ2v) is 9.60. The van der Waals surface area contributed by atoms with E-state index >= 15 is 0 Å². The Kier molecular flexibility index (Phi) is 7.98. The predicted octanol–water partition coefficient (Wildman–Crippen LogP) is 4.02. The molecule has 1 fully saturated rings. The van der Waals surface area contributed by atoms with Gasteiger partial charge in [-0.25, -0.2) is 0 Å². The van der Waals surface area contributed by atoms with Gasteiger partial charge in [0.15, 0.2) is 0 Å². The van der Waals surface area contributed by atoms with Gasteiger partial charge in [0.25, 0.3) is 11.6 Å². The van der Waals surface area contributed by atoms with Crippen LogP contribution in [0.25, 0.3) is 0 Å². The number of amides is 2. The molecule has 12 heteroatoms. The molecule has 0 unspecified atom stereocenters. The zero-order valence-electron chi connectivity index (χ0n) is 20.5. The number of nitrogens with zero attached hydrogens (tertiary/aromatic N) is 4. The number of benzene rings is 2. The van der Waals surface area contributed by atoms with Crippen LogP contribution in [0, 0.1) is 21.4 Å². The van der Waals surface area contributed by atoms with Crippen LogP contribution < -0.4 is 20.4 Å². The molecule has 194 valence electrons. The van der Waals surface area contributed by atoms with Crippen LogP contribution in [0.4, 0.5) is 27.8 Å². The third-order valence-electron chi connectivity index (χ3n) is 5.88. The molecule has 4 rings (SSSR count). The molecule has 0 aliphatic carbocycles. The zero-order chi connectivity index (χ0) is 27.2. The van der Waals surface area contributed by atoms with Gasteiger partial charge in [-0.15, -0.1) is 11.3 Å². The van der Waals surface area contributed by atoms with Crippen LogP contribution in [0.2, 0.25) is 0 Å². The van der Waals surface area contributed by atoms with Gasteiger partial charge in [-0.05, 0) is 25.1 Å². The Balaban J connectivity index is 1.64. The van der Waals surface area contributed by atoms with Crippen molar-refractivity contribution >= 4 is 56.7 Å². The van der Waals surface area contributed by atoms with Gasteiger partial charge in [0.05, 0.1) is 17.0 Å². The number of nitrogens with one attached hydrogen (secondary N) is 2. The van der Waals surface area contributed by atoms with E-state index in [2.05, 4.69) is 21.6 Å². The molecule has 1 saturated heterocycles. The highest BCUT2D eigenvalue weighted by Gasteiger charge is 2.29. The number of rotatable bonds is 8. The number of ketones is 1. The minimum atomic E-state index is -0.642. The van der Waals surface area contributed by atoms with Crippen LogP contribution in [0.5, 0.6) is 0 Å². The molecule has 38 heavy (non-hydrogen) atoms. The molecular formula is C26H24N6O5S. The Hall–Kier alpha value is -4.76. The lowest BCUT2D eigenvalue weighted by molar-refractivity contribution is -0.384. The van der Waals surface area contributed by atoms with Crippen molar-refractivity contribution < 1.29 is 19.3 Å². The van der Waals surface area contributed by atoms with Gasteiger partial charge in [0, 0.05) is 49.7 Å². The van der Waals surface area contributed by atoms with Crippen molar-refractivity contribution in [2.75, 3.05) is 46.6 Å².